The van der Waals surface area contributed by atoms with Crippen LogP contribution >= 0.6 is 0 Å². The fraction of sp³-hybridized carbons (Fsp3) is 0.652. The van der Waals surface area contributed by atoms with Crippen LogP contribution in [0.15, 0.2) is 22.6 Å². The molecule has 1 aliphatic heterocycles. The third kappa shape index (κ3) is 4.64. The van der Waals surface area contributed by atoms with Crippen molar-refractivity contribution >= 4 is 23.2 Å². The van der Waals surface area contributed by atoms with E-state index in [1.807, 2.05) is 41.5 Å². The summed E-state index contributed by atoms with van der Waals surface area (Å²) in [5, 5.41) is 0. The lowest BCUT2D eigenvalue weighted by molar-refractivity contribution is 0.0159. The van der Waals surface area contributed by atoms with Crippen LogP contribution in [0.2, 0.25) is 0 Å². The van der Waals surface area contributed by atoms with Crippen LogP contribution in [-0.4, -0.2) is 44.7 Å². The van der Waals surface area contributed by atoms with Gasteiger partial charge in [0.25, 0.3) is 0 Å². The Balaban J connectivity index is 1.89. The molecule has 1 aromatic carbocycles. The van der Waals surface area contributed by atoms with Gasteiger partial charge in [-0.1, -0.05) is 22.6 Å². The van der Waals surface area contributed by atoms with Crippen molar-refractivity contribution < 1.29 is 14.1 Å². The molecule has 1 saturated heterocycles. The maximum absolute atomic E-state index is 12.9. The maximum atomic E-state index is 12.9. The highest BCUT2D eigenvalue weighted by Gasteiger charge is 2.48. The average Bonchev–Trinajstić information content (AvgIpc) is 2.88. The van der Waals surface area contributed by atoms with E-state index in [-0.39, 0.29) is 11.5 Å². The Morgan fingerprint density at radius 3 is 2.34 bits per heavy atom. The maximum Gasteiger partial charge on any atom is 0.410 e. The topological polar surface area (TPSA) is 65.0 Å². The summed E-state index contributed by atoms with van der Waals surface area (Å²) in [7, 11) is 0. The Bertz CT molecular complexity index is 812. The van der Waals surface area contributed by atoms with Crippen LogP contribution in [-0.2, 0) is 22.5 Å². The number of piperidine rings is 1. The van der Waals surface area contributed by atoms with Crippen molar-refractivity contribution in [2.45, 2.75) is 78.1 Å². The second kappa shape index (κ2) is 7.62. The molecule has 0 saturated carbocycles. The molecule has 0 aromatic heterocycles. The molecule has 1 atom stereocenters. The second-order valence-corrected chi connectivity index (χ2v) is 12.2. The van der Waals surface area contributed by atoms with E-state index < -0.39 is 21.7 Å². The molecule has 3 rings (SSSR count). The number of hydrogen-bond acceptors (Lipinski definition) is 4. The largest absolute Gasteiger partial charge is 0.591 e. The minimum atomic E-state index is -1.32. The molecule has 2 aliphatic rings. The van der Waals surface area contributed by atoms with Crippen LogP contribution < -0.4 is 0 Å². The van der Waals surface area contributed by atoms with Gasteiger partial charge in [0.15, 0.2) is 0 Å². The van der Waals surface area contributed by atoms with Gasteiger partial charge in [0.2, 0.25) is 0 Å². The predicted octanol–water partition coefficient (Wildman–Crippen LogP) is 4.82. The lowest BCUT2D eigenvalue weighted by Gasteiger charge is -2.39. The van der Waals surface area contributed by atoms with Crippen LogP contribution in [0.3, 0.4) is 0 Å². The molecule has 0 unspecified atom stereocenters. The van der Waals surface area contributed by atoms with E-state index in [0.717, 1.165) is 30.5 Å². The SMILES string of the molecule is Cc1cccc2c1CC1(CCN(C(=O)OC(C)(C)C)CC1)/C2=N/[S@+]([O-])C(C)(C)C. The van der Waals surface area contributed by atoms with Crippen LogP contribution in [0, 0.1) is 12.3 Å². The standard InChI is InChI=1S/C23H34N2O3S/c1-16-9-8-10-17-18(16)15-23(19(17)24-29(27)22(5,6)7)11-13-25(14-12-23)20(26)28-21(2,3)4/h8-10H,11-15H2,1-7H3/b24-19+/t29-/m1/s1. The first-order valence-electron chi connectivity index (χ1n) is 10.4. The third-order valence-electron chi connectivity index (χ3n) is 5.75. The molecule has 160 valence electrons. The molecule has 1 heterocycles. The van der Waals surface area contributed by atoms with Crippen molar-refractivity contribution in [2.75, 3.05) is 13.1 Å². The van der Waals surface area contributed by atoms with Gasteiger partial charge in [-0.25, -0.2) is 4.79 Å². The Hall–Kier alpha value is -1.53. The van der Waals surface area contributed by atoms with Crippen molar-refractivity contribution in [3.05, 3.63) is 34.9 Å². The zero-order valence-electron chi connectivity index (χ0n) is 18.8. The Morgan fingerprint density at radius 2 is 1.79 bits per heavy atom. The Morgan fingerprint density at radius 1 is 1.17 bits per heavy atom. The number of aryl methyl sites for hydroxylation is 1. The van der Waals surface area contributed by atoms with Gasteiger partial charge in [-0.05, 0) is 78.9 Å². The summed E-state index contributed by atoms with van der Waals surface area (Å²) in [6.07, 6.45) is 2.26. The van der Waals surface area contributed by atoms with E-state index in [1.165, 1.54) is 11.1 Å². The zero-order chi connectivity index (χ0) is 21.6. The van der Waals surface area contributed by atoms with Crippen molar-refractivity contribution in [3.8, 4) is 0 Å². The second-order valence-electron chi connectivity index (χ2n) is 10.3. The fourth-order valence-electron chi connectivity index (χ4n) is 4.09. The van der Waals surface area contributed by atoms with Gasteiger partial charge >= 0.3 is 6.09 Å². The number of carbonyl (C=O) groups excluding carboxylic acids is 1. The van der Waals surface area contributed by atoms with Gasteiger partial charge in [0.05, 0.1) is 0 Å². The molecule has 1 aromatic rings. The number of fused-ring (bicyclic) bond motifs is 1. The molecule has 6 heteroatoms. The number of hydrogen-bond donors (Lipinski definition) is 0. The molecule has 0 N–H and O–H groups in total. The van der Waals surface area contributed by atoms with Gasteiger partial charge < -0.3 is 14.2 Å². The molecule has 1 amide bonds. The molecule has 0 bridgehead atoms. The highest BCUT2D eigenvalue weighted by atomic mass is 32.2. The summed E-state index contributed by atoms with van der Waals surface area (Å²) in [5.41, 5.74) is 4.00. The molecule has 1 fully saturated rings. The minimum Gasteiger partial charge on any atom is -0.591 e. The molecule has 1 spiro atoms. The first-order chi connectivity index (χ1) is 13.3. The first kappa shape index (κ1) is 22.2. The normalized spacial score (nSPS) is 21.4. The van der Waals surface area contributed by atoms with E-state index >= 15 is 0 Å². The van der Waals surface area contributed by atoms with Crippen LogP contribution in [0.5, 0.6) is 0 Å². The summed E-state index contributed by atoms with van der Waals surface area (Å²) < 4.78 is 22.8. The monoisotopic (exact) mass is 418 g/mol. The Labute approximate surface area is 178 Å². The zero-order valence-corrected chi connectivity index (χ0v) is 19.6. The number of rotatable bonds is 1. The first-order valence-corrected chi connectivity index (χ1v) is 11.5. The quantitative estimate of drug-likeness (QED) is 0.614. The predicted molar refractivity (Wildman–Crippen MR) is 119 cm³/mol. The highest BCUT2D eigenvalue weighted by molar-refractivity contribution is 7.91. The van der Waals surface area contributed by atoms with Gasteiger partial charge in [0.1, 0.15) is 27.4 Å². The van der Waals surface area contributed by atoms with E-state index in [1.54, 1.807) is 4.90 Å². The van der Waals surface area contributed by atoms with Gasteiger partial charge in [-0.15, -0.1) is 0 Å². The number of amides is 1. The molecule has 5 nitrogen and oxygen atoms in total. The molecular weight excluding hydrogens is 384 g/mol. The smallest absolute Gasteiger partial charge is 0.410 e. The summed E-state index contributed by atoms with van der Waals surface area (Å²) in [4.78, 5) is 14.3. The van der Waals surface area contributed by atoms with Gasteiger partial charge in [-0.2, -0.15) is 0 Å². The number of ether oxygens (including phenoxy) is 1. The Kier molecular flexibility index (Phi) is 5.82. The van der Waals surface area contributed by atoms with Crippen molar-refractivity contribution in [2.24, 2.45) is 9.81 Å². The summed E-state index contributed by atoms with van der Waals surface area (Å²) >= 11 is -1.32. The molecule has 0 radical (unpaired) electrons. The lowest BCUT2D eigenvalue weighted by atomic mass is 9.74. The third-order valence-corrected chi connectivity index (χ3v) is 7.15. The number of likely N-dealkylation sites (tertiary alicyclic amines) is 1. The summed E-state index contributed by atoms with van der Waals surface area (Å²) in [6.45, 7) is 14.9. The number of carbonyl (C=O) groups is 1. The number of benzene rings is 1. The van der Waals surface area contributed by atoms with Crippen molar-refractivity contribution in [1.29, 1.82) is 0 Å². The average molecular weight is 419 g/mol. The highest BCUT2D eigenvalue weighted by Crippen LogP contribution is 2.47. The molecule has 1 aliphatic carbocycles. The van der Waals surface area contributed by atoms with Crippen molar-refractivity contribution in [3.63, 3.8) is 0 Å². The lowest BCUT2D eigenvalue weighted by Crippen LogP contribution is -2.47. The summed E-state index contributed by atoms with van der Waals surface area (Å²) in [5.74, 6) is 0. The van der Waals surface area contributed by atoms with Gasteiger partial charge in [-0.3, -0.25) is 0 Å². The van der Waals surface area contributed by atoms with Gasteiger partial charge in [0, 0.05) is 24.1 Å². The van der Waals surface area contributed by atoms with E-state index in [2.05, 4.69) is 25.1 Å². The molecule has 29 heavy (non-hydrogen) atoms. The minimum absolute atomic E-state index is 0.159. The van der Waals surface area contributed by atoms with E-state index in [4.69, 9.17) is 9.13 Å². The van der Waals surface area contributed by atoms with Crippen LogP contribution in [0.4, 0.5) is 4.79 Å². The van der Waals surface area contributed by atoms with Crippen LogP contribution in [0.1, 0.15) is 71.1 Å². The fourth-order valence-corrected chi connectivity index (χ4v) is 4.82. The van der Waals surface area contributed by atoms with Crippen molar-refractivity contribution in [1.82, 2.24) is 4.90 Å². The van der Waals surface area contributed by atoms with Crippen LogP contribution in [0.25, 0.3) is 0 Å². The van der Waals surface area contributed by atoms with E-state index in [0.29, 0.717) is 13.1 Å². The molecular formula is C23H34N2O3S. The number of nitrogens with zero attached hydrogens (tertiary/aromatic N) is 2. The van der Waals surface area contributed by atoms with E-state index in [9.17, 15) is 9.35 Å². The summed E-state index contributed by atoms with van der Waals surface area (Å²) in [6, 6.07) is 6.29.